The summed E-state index contributed by atoms with van der Waals surface area (Å²) in [6, 6.07) is 5.68. The third-order valence-corrected chi connectivity index (χ3v) is 5.34. The molecule has 1 saturated heterocycles. The molecule has 0 spiro atoms. The van der Waals surface area contributed by atoms with Crippen LogP contribution in [0.15, 0.2) is 24.3 Å². The van der Waals surface area contributed by atoms with Gasteiger partial charge in [0.25, 0.3) is 5.91 Å². The molecule has 0 saturated carbocycles. The molecule has 0 aliphatic carbocycles. The van der Waals surface area contributed by atoms with Crippen molar-refractivity contribution in [3.8, 4) is 0 Å². The van der Waals surface area contributed by atoms with E-state index in [4.69, 9.17) is 27.9 Å². The number of carbonyl (C=O) groups excluding carboxylic acids is 1. The van der Waals surface area contributed by atoms with Gasteiger partial charge in [0, 0.05) is 48.0 Å². The topological polar surface area (TPSA) is 58.2 Å². The number of H-pyrrole nitrogens is 1. The number of carbonyl (C=O) groups is 1. The first-order chi connectivity index (χ1) is 13.3. The molecule has 0 bridgehead atoms. The zero-order valence-electron chi connectivity index (χ0n) is 14.7. The average Bonchev–Trinajstić information content (AvgIpc) is 3.31. The molecule has 1 unspecified atom stereocenters. The summed E-state index contributed by atoms with van der Waals surface area (Å²) >= 11 is 12.4. The van der Waals surface area contributed by atoms with Crippen LogP contribution in [0.2, 0.25) is 10.0 Å². The van der Waals surface area contributed by atoms with Crippen LogP contribution in [0.5, 0.6) is 0 Å². The number of rotatable bonds is 6. The van der Waals surface area contributed by atoms with Crippen molar-refractivity contribution in [1.82, 2.24) is 15.1 Å². The third-order valence-electron chi connectivity index (χ3n) is 4.63. The van der Waals surface area contributed by atoms with Crippen molar-refractivity contribution in [2.24, 2.45) is 5.92 Å². The van der Waals surface area contributed by atoms with Crippen LogP contribution in [0.3, 0.4) is 0 Å². The Hall–Kier alpha value is -1.77. The van der Waals surface area contributed by atoms with Crippen LogP contribution in [0.1, 0.15) is 34.6 Å². The Morgan fingerprint density at radius 3 is 2.61 bits per heavy atom. The summed E-state index contributed by atoms with van der Waals surface area (Å²) < 4.78 is 43.8. The molecule has 28 heavy (non-hydrogen) atoms. The SMILES string of the molecule is O=C(c1cc(C(F)(F)F)[nH]n1)N(CCC1CCOC1)Cc1c(Cl)cccc1Cl. The minimum Gasteiger partial charge on any atom is -0.381 e. The van der Waals surface area contributed by atoms with Crippen molar-refractivity contribution < 1.29 is 22.7 Å². The van der Waals surface area contributed by atoms with Crippen molar-refractivity contribution >= 4 is 29.1 Å². The fourth-order valence-corrected chi connectivity index (χ4v) is 3.53. The van der Waals surface area contributed by atoms with Crippen LogP contribution < -0.4 is 0 Å². The maximum atomic E-state index is 12.9. The molecular weight excluding hydrogens is 418 g/mol. The minimum absolute atomic E-state index is 0.0686. The molecule has 2 heterocycles. The molecule has 1 amide bonds. The van der Waals surface area contributed by atoms with Crippen molar-refractivity contribution in [2.45, 2.75) is 25.6 Å². The summed E-state index contributed by atoms with van der Waals surface area (Å²) in [4.78, 5) is 14.3. The number of benzene rings is 1. The lowest BCUT2D eigenvalue weighted by molar-refractivity contribution is -0.141. The van der Waals surface area contributed by atoms with Gasteiger partial charge in [-0.15, -0.1) is 0 Å². The summed E-state index contributed by atoms with van der Waals surface area (Å²) in [7, 11) is 0. The van der Waals surface area contributed by atoms with E-state index in [9.17, 15) is 18.0 Å². The van der Waals surface area contributed by atoms with E-state index in [-0.39, 0.29) is 12.2 Å². The normalized spacial score (nSPS) is 17.1. The first-order valence-corrected chi connectivity index (χ1v) is 9.44. The summed E-state index contributed by atoms with van der Waals surface area (Å²) in [5, 5.41) is 6.18. The number of nitrogens with one attached hydrogen (secondary N) is 1. The van der Waals surface area contributed by atoms with Gasteiger partial charge < -0.3 is 9.64 Å². The van der Waals surface area contributed by atoms with Crippen LogP contribution in [0, 0.1) is 5.92 Å². The summed E-state index contributed by atoms with van der Waals surface area (Å²) in [6.45, 7) is 1.67. The van der Waals surface area contributed by atoms with Crippen LogP contribution in [-0.4, -0.2) is 40.8 Å². The fraction of sp³-hybridized carbons (Fsp3) is 0.444. The molecule has 5 nitrogen and oxygen atoms in total. The predicted molar refractivity (Wildman–Crippen MR) is 98.3 cm³/mol. The first kappa shape index (κ1) is 21.0. The zero-order chi connectivity index (χ0) is 20.3. The van der Waals surface area contributed by atoms with Gasteiger partial charge in [-0.1, -0.05) is 29.3 Å². The largest absolute Gasteiger partial charge is 0.432 e. The van der Waals surface area contributed by atoms with Gasteiger partial charge in [-0.2, -0.15) is 18.3 Å². The maximum absolute atomic E-state index is 12.9. The number of halogens is 5. The van der Waals surface area contributed by atoms with Gasteiger partial charge in [-0.25, -0.2) is 0 Å². The molecule has 10 heteroatoms. The standard InChI is InChI=1S/C18H18Cl2F3N3O2/c19-13-2-1-3-14(20)12(13)9-26(6-4-11-5-7-28-10-11)17(27)15-8-16(25-24-15)18(21,22)23/h1-3,8,11H,4-7,9-10H2,(H,24,25). The second-order valence-electron chi connectivity index (χ2n) is 6.61. The van der Waals surface area contributed by atoms with E-state index in [1.54, 1.807) is 18.2 Å². The highest BCUT2D eigenvalue weighted by Crippen LogP contribution is 2.29. The van der Waals surface area contributed by atoms with Crippen molar-refractivity contribution in [3.63, 3.8) is 0 Å². The Bertz CT molecular complexity index is 815. The lowest BCUT2D eigenvalue weighted by Gasteiger charge is -2.24. The lowest BCUT2D eigenvalue weighted by Crippen LogP contribution is -2.33. The lowest BCUT2D eigenvalue weighted by atomic mass is 10.0. The second kappa shape index (κ2) is 8.71. The van der Waals surface area contributed by atoms with Gasteiger partial charge in [0.2, 0.25) is 0 Å². The third kappa shape index (κ3) is 4.98. The van der Waals surface area contributed by atoms with E-state index in [0.717, 1.165) is 6.42 Å². The van der Waals surface area contributed by atoms with E-state index in [0.29, 0.717) is 53.8 Å². The van der Waals surface area contributed by atoms with Crippen molar-refractivity contribution in [2.75, 3.05) is 19.8 Å². The molecule has 2 aromatic rings. The number of ether oxygens (including phenoxy) is 1. The number of alkyl halides is 3. The number of nitrogens with zero attached hydrogens (tertiary/aromatic N) is 2. The summed E-state index contributed by atoms with van der Waals surface area (Å²) in [5.41, 5.74) is -0.845. The van der Waals surface area contributed by atoms with Gasteiger partial charge in [0.15, 0.2) is 5.69 Å². The number of aromatic amines is 1. The average molecular weight is 436 g/mol. The number of amides is 1. The van der Waals surface area contributed by atoms with Crippen LogP contribution in [-0.2, 0) is 17.5 Å². The number of hydrogen-bond donors (Lipinski definition) is 1. The molecule has 1 aromatic heterocycles. The number of hydrogen-bond acceptors (Lipinski definition) is 3. The highest BCUT2D eigenvalue weighted by Gasteiger charge is 2.34. The van der Waals surface area contributed by atoms with Gasteiger partial charge in [0.1, 0.15) is 5.69 Å². The molecule has 0 radical (unpaired) electrons. The predicted octanol–water partition coefficient (Wildman–Crippen LogP) is 4.80. The van der Waals surface area contributed by atoms with Crippen LogP contribution in [0.4, 0.5) is 13.2 Å². The van der Waals surface area contributed by atoms with Crippen molar-refractivity contribution in [3.05, 3.63) is 51.3 Å². The van der Waals surface area contributed by atoms with Crippen LogP contribution >= 0.6 is 23.2 Å². The summed E-state index contributed by atoms with van der Waals surface area (Å²) in [5.74, 6) is -0.330. The highest BCUT2D eigenvalue weighted by molar-refractivity contribution is 6.36. The summed E-state index contributed by atoms with van der Waals surface area (Å²) in [6.07, 6.45) is -3.07. The Morgan fingerprint density at radius 2 is 2.04 bits per heavy atom. The molecule has 1 aromatic carbocycles. The molecule has 3 rings (SSSR count). The van der Waals surface area contributed by atoms with E-state index >= 15 is 0 Å². The van der Waals surface area contributed by atoms with E-state index in [2.05, 4.69) is 5.10 Å². The fourth-order valence-electron chi connectivity index (χ4n) is 3.01. The van der Waals surface area contributed by atoms with Crippen molar-refractivity contribution in [1.29, 1.82) is 0 Å². The first-order valence-electron chi connectivity index (χ1n) is 8.68. The number of aromatic nitrogens is 2. The minimum atomic E-state index is -4.61. The molecule has 152 valence electrons. The Morgan fingerprint density at radius 1 is 1.32 bits per heavy atom. The molecular formula is C18H18Cl2F3N3O2. The van der Waals surface area contributed by atoms with Gasteiger partial charge in [0.05, 0.1) is 0 Å². The second-order valence-corrected chi connectivity index (χ2v) is 7.42. The quantitative estimate of drug-likeness (QED) is 0.708. The van der Waals surface area contributed by atoms with Crippen LogP contribution in [0.25, 0.3) is 0 Å². The Kier molecular flexibility index (Phi) is 6.52. The van der Waals surface area contributed by atoms with Gasteiger partial charge >= 0.3 is 6.18 Å². The zero-order valence-corrected chi connectivity index (χ0v) is 16.2. The maximum Gasteiger partial charge on any atom is 0.432 e. The van der Waals surface area contributed by atoms with Gasteiger partial charge in [-0.05, 0) is 30.9 Å². The van der Waals surface area contributed by atoms with Gasteiger partial charge in [-0.3, -0.25) is 9.89 Å². The Labute approximate surface area is 169 Å². The highest BCUT2D eigenvalue weighted by atomic mass is 35.5. The molecule has 1 aliphatic rings. The molecule has 1 aliphatic heterocycles. The molecule has 1 N–H and O–H groups in total. The molecule has 1 atom stereocenters. The van der Waals surface area contributed by atoms with E-state index in [1.807, 2.05) is 5.10 Å². The van der Waals surface area contributed by atoms with E-state index in [1.165, 1.54) is 4.90 Å². The monoisotopic (exact) mass is 435 g/mol. The van der Waals surface area contributed by atoms with E-state index < -0.39 is 17.8 Å². The molecule has 1 fully saturated rings. The smallest absolute Gasteiger partial charge is 0.381 e. The Balaban J connectivity index is 1.82.